The summed E-state index contributed by atoms with van der Waals surface area (Å²) in [6.07, 6.45) is 0.988. The predicted octanol–water partition coefficient (Wildman–Crippen LogP) is 2.59. The molecule has 0 bridgehead atoms. The average molecular weight is 349 g/mol. The number of anilines is 1. The van der Waals surface area contributed by atoms with Gasteiger partial charge in [-0.15, -0.1) is 24.0 Å². The lowest BCUT2D eigenvalue weighted by atomic mass is 10.2. The molecule has 4 nitrogen and oxygen atoms in total. The van der Waals surface area contributed by atoms with Crippen molar-refractivity contribution < 1.29 is 4.74 Å². The number of nitrogens with zero attached hydrogens (tertiary/aromatic N) is 1. The van der Waals surface area contributed by atoms with E-state index in [0.29, 0.717) is 12.6 Å². The summed E-state index contributed by atoms with van der Waals surface area (Å²) < 4.78 is 5.11. The summed E-state index contributed by atoms with van der Waals surface area (Å²) >= 11 is 0. The van der Waals surface area contributed by atoms with Gasteiger partial charge in [-0.1, -0.05) is 25.1 Å². The number of guanidine groups is 1. The van der Waals surface area contributed by atoms with Crippen LogP contribution < -0.4 is 11.1 Å². The molecule has 0 radical (unpaired) electrons. The molecule has 1 rings (SSSR count). The van der Waals surface area contributed by atoms with Crippen LogP contribution in [0.2, 0.25) is 0 Å². The molecule has 96 valence electrons. The lowest BCUT2D eigenvalue weighted by Gasteiger charge is -2.10. The number of halogens is 1. The Labute approximate surface area is 120 Å². The van der Waals surface area contributed by atoms with E-state index in [-0.39, 0.29) is 24.0 Å². The zero-order valence-corrected chi connectivity index (χ0v) is 12.6. The Kier molecular flexibility index (Phi) is 8.79. The zero-order valence-electron chi connectivity index (χ0n) is 10.3. The highest BCUT2D eigenvalue weighted by Crippen LogP contribution is 2.15. The number of para-hydroxylation sites is 1. The first-order valence-corrected chi connectivity index (χ1v) is 5.41. The number of ether oxygens (including phenoxy) is 1. The molecule has 0 unspecified atom stereocenters. The summed E-state index contributed by atoms with van der Waals surface area (Å²) in [5, 5.41) is 3.08. The van der Waals surface area contributed by atoms with Crippen molar-refractivity contribution in [3.8, 4) is 0 Å². The van der Waals surface area contributed by atoms with Crippen molar-refractivity contribution >= 4 is 35.6 Å². The predicted molar refractivity (Wildman–Crippen MR) is 83.0 cm³/mol. The van der Waals surface area contributed by atoms with Gasteiger partial charge in [0, 0.05) is 24.9 Å². The third kappa shape index (κ3) is 5.88. The molecular formula is C12H20IN3O. The molecule has 0 atom stereocenters. The van der Waals surface area contributed by atoms with Gasteiger partial charge in [0.25, 0.3) is 0 Å². The first kappa shape index (κ1) is 16.2. The first-order valence-electron chi connectivity index (χ1n) is 5.41. The quantitative estimate of drug-likeness (QED) is 0.488. The topological polar surface area (TPSA) is 59.6 Å². The van der Waals surface area contributed by atoms with Gasteiger partial charge in [-0.05, 0) is 12.5 Å². The molecule has 0 spiro atoms. The number of rotatable bonds is 5. The van der Waals surface area contributed by atoms with Gasteiger partial charge in [0.15, 0.2) is 5.96 Å². The van der Waals surface area contributed by atoms with Crippen LogP contribution in [0.1, 0.15) is 18.9 Å². The molecule has 0 saturated heterocycles. The van der Waals surface area contributed by atoms with Crippen molar-refractivity contribution in [2.24, 2.45) is 10.7 Å². The van der Waals surface area contributed by atoms with Gasteiger partial charge in [-0.3, -0.25) is 4.99 Å². The molecule has 0 aliphatic carbocycles. The average Bonchev–Trinajstić information content (AvgIpc) is 2.29. The molecular weight excluding hydrogens is 329 g/mol. The first-order chi connectivity index (χ1) is 7.77. The van der Waals surface area contributed by atoms with Crippen LogP contribution in [0.4, 0.5) is 5.69 Å². The monoisotopic (exact) mass is 349 g/mol. The molecule has 0 aliphatic heterocycles. The van der Waals surface area contributed by atoms with Crippen LogP contribution in [0.25, 0.3) is 0 Å². The van der Waals surface area contributed by atoms with Gasteiger partial charge in [0.2, 0.25) is 0 Å². The van der Waals surface area contributed by atoms with E-state index < -0.39 is 0 Å². The Morgan fingerprint density at radius 1 is 1.41 bits per heavy atom. The van der Waals surface area contributed by atoms with Crippen LogP contribution in [0.3, 0.4) is 0 Å². The standard InChI is InChI=1S/C12H19N3O.HI/c1-3-8-14-12(13)15-11-7-5-4-6-10(11)9-16-2;/h4-7H,3,8-9H2,1-2H3,(H3,13,14,15);1H. The maximum Gasteiger partial charge on any atom is 0.193 e. The summed E-state index contributed by atoms with van der Waals surface area (Å²) in [7, 11) is 1.67. The molecule has 0 fully saturated rings. The van der Waals surface area contributed by atoms with Crippen molar-refractivity contribution in [3.63, 3.8) is 0 Å². The highest BCUT2D eigenvalue weighted by molar-refractivity contribution is 14.0. The molecule has 5 heteroatoms. The fourth-order valence-corrected chi connectivity index (χ4v) is 1.33. The van der Waals surface area contributed by atoms with E-state index in [9.17, 15) is 0 Å². The van der Waals surface area contributed by atoms with Gasteiger partial charge in [0.1, 0.15) is 0 Å². The molecule has 0 amide bonds. The molecule has 1 aromatic carbocycles. The van der Waals surface area contributed by atoms with Gasteiger partial charge in [-0.2, -0.15) is 0 Å². The molecule has 0 aliphatic rings. The molecule has 3 N–H and O–H groups in total. The zero-order chi connectivity index (χ0) is 11.8. The number of hydrogen-bond donors (Lipinski definition) is 2. The third-order valence-corrected chi connectivity index (χ3v) is 2.09. The summed E-state index contributed by atoms with van der Waals surface area (Å²) in [6, 6.07) is 7.88. The second-order valence-electron chi connectivity index (χ2n) is 3.48. The minimum Gasteiger partial charge on any atom is -0.380 e. The highest BCUT2D eigenvalue weighted by Gasteiger charge is 2.01. The van der Waals surface area contributed by atoms with Crippen molar-refractivity contribution in [2.75, 3.05) is 19.0 Å². The Morgan fingerprint density at radius 2 is 2.12 bits per heavy atom. The third-order valence-electron chi connectivity index (χ3n) is 2.09. The number of methoxy groups -OCH3 is 1. The van der Waals surface area contributed by atoms with E-state index in [4.69, 9.17) is 10.5 Å². The molecule has 0 heterocycles. The van der Waals surface area contributed by atoms with Crippen molar-refractivity contribution in [2.45, 2.75) is 20.0 Å². The van der Waals surface area contributed by atoms with Crippen LogP contribution in [0.5, 0.6) is 0 Å². The number of hydrogen-bond acceptors (Lipinski definition) is 2. The lowest BCUT2D eigenvalue weighted by molar-refractivity contribution is 0.185. The molecule has 0 saturated carbocycles. The summed E-state index contributed by atoms with van der Waals surface area (Å²) in [5.74, 6) is 0.449. The Morgan fingerprint density at radius 3 is 2.76 bits per heavy atom. The van der Waals surface area contributed by atoms with Crippen molar-refractivity contribution in [1.29, 1.82) is 0 Å². The van der Waals surface area contributed by atoms with E-state index >= 15 is 0 Å². The Bertz CT molecular complexity index is 355. The normalized spacial score (nSPS) is 10.8. The summed E-state index contributed by atoms with van der Waals surface area (Å²) in [5.41, 5.74) is 7.77. The highest BCUT2D eigenvalue weighted by atomic mass is 127. The Hall–Kier alpha value is -0.820. The number of aliphatic imine (C=N–C) groups is 1. The maximum atomic E-state index is 5.75. The fourth-order valence-electron chi connectivity index (χ4n) is 1.33. The van der Waals surface area contributed by atoms with Crippen LogP contribution >= 0.6 is 24.0 Å². The minimum absolute atomic E-state index is 0. The number of nitrogens with two attached hydrogens (primary N) is 1. The largest absolute Gasteiger partial charge is 0.380 e. The second-order valence-corrected chi connectivity index (χ2v) is 3.48. The molecule has 17 heavy (non-hydrogen) atoms. The van der Waals surface area contributed by atoms with E-state index in [0.717, 1.165) is 24.2 Å². The molecule has 1 aromatic rings. The smallest absolute Gasteiger partial charge is 0.193 e. The molecule has 0 aromatic heterocycles. The van der Waals surface area contributed by atoms with Crippen LogP contribution in [0.15, 0.2) is 29.3 Å². The SMILES string of the molecule is CCCN=C(N)Nc1ccccc1COC.I. The van der Waals surface area contributed by atoms with Crippen LogP contribution in [0, 0.1) is 0 Å². The van der Waals surface area contributed by atoms with Crippen LogP contribution in [-0.4, -0.2) is 19.6 Å². The second kappa shape index (κ2) is 9.23. The maximum absolute atomic E-state index is 5.75. The van der Waals surface area contributed by atoms with E-state index in [1.54, 1.807) is 7.11 Å². The number of benzene rings is 1. The van der Waals surface area contributed by atoms with Crippen molar-refractivity contribution in [1.82, 2.24) is 0 Å². The summed E-state index contributed by atoms with van der Waals surface area (Å²) in [4.78, 5) is 4.18. The van der Waals surface area contributed by atoms with Crippen molar-refractivity contribution in [3.05, 3.63) is 29.8 Å². The van der Waals surface area contributed by atoms with E-state index in [2.05, 4.69) is 17.2 Å². The van der Waals surface area contributed by atoms with Gasteiger partial charge < -0.3 is 15.8 Å². The van der Waals surface area contributed by atoms with Crippen LogP contribution in [-0.2, 0) is 11.3 Å². The van der Waals surface area contributed by atoms with Gasteiger partial charge in [0.05, 0.1) is 6.61 Å². The van der Waals surface area contributed by atoms with Gasteiger partial charge >= 0.3 is 0 Å². The van der Waals surface area contributed by atoms with E-state index in [1.165, 1.54) is 0 Å². The minimum atomic E-state index is 0. The Balaban J connectivity index is 0.00000256. The van der Waals surface area contributed by atoms with Gasteiger partial charge in [-0.25, -0.2) is 0 Å². The summed E-state index contributed by atoms with van der Waals surface area (Å²) in [6.45, 7) is 3.37. The number of nitrogens with one attached hydrogen (secondary N) is 1. The lowest BCUT2D eigenvalue weighted by Crippen LogP contribution is -2.23. The van der Waals surface area contributed by atoms with E-state index in [1.807, 2.05) is 24.3 Å². The fraction of sp³-hybridized carbons (Fsp3) is 0.417.